The first-order valence-electron chi connectivity index (χ1n) is 6.90. The molecule has 1 aliphatic rings. The maximum atomic E-state index is 13.9. The molecule has 0 atom stereocenters. The molecule has 1 saturated carbocycles. The number of nitrogens with one attached hydrogen (secondary N) is 1. The third-order valence-electron chi connectivity index (χ3n) is 3.87. The number of hydrogen-bond acceptors (Lipinski definition) is 3. The monoisotopic (exact) mass is 271 g/mol. The number of benzene rings is 1. The van der Waals surface area contributed by atoms with Crippen LogP contribution in [0, 0.1) is 19.7 Å². The van der Waals surface area contributed by atoms with E-state index in [0.29, 0.717) is 6.54 Å². The second-order valence-electron chi connectivity index (χ2n) is 5.56. The highest BCUT2D eigenvalue weighted by Crippen LogP contribution is 2.48. The molecule has 104 valence electrons. The van der Waals surface area contributed by atoms with Crippen LogP contribution in [-0.2, 0) is 5.41 Å². The fourth-order valence-electron chi connectivity index (χ4n) is 2.65. The summed E-state index contributed by atoms with van der Waals surface area (Å²) in [6, 6.07) is 8.98. The number of rotatable bonds is 4. The van der Waals surface area contributed by atoms with Gasteiger partial charge in [0.2, 0.25) is 0 Å². The highest BCUT2D eigenvalue weighted by molar-refractivity contribution is 5.40. The Morgan fingerprint density at radius 2 is 1.95 bits per heavy atom. The Bertz CT molecular complexity index is 615. The van der Waals surface area contributed by atoms with Crippen molar-refractivity contribution in [2.75, 3.05) is 11.9 Å². The molecule has 1 aromatic heterocycles. The predicted molar refractivity (Wildman–Crippen MR) is 77.3 cm³/mol. The average Bonchev–Trinajstić information content (AvgIpc) is 3.17. The van der Waals surface area contributed by atoms with Gasteiger partial charge in [0.25, 0.3) is 0 Å². The van der Waals surface area contributed by atoms with Crippen LogP contribution in [0.3, 0.4) is 0 Å². The second kappa shape index (κ2) is 4.85. The first-order valence-corrected chi connectivity index (χ1v) is 6.90. The van der Waals surface area contributed by atoms with Gasteiger partial charge in [-0.2, -0.15) is 0 Å². The normalized spacial score (nSPS) is 15.9. The van der Waals surface area contributed by atoms with Crippen molar-refractivity contribution in [2.24, 2.45) is 0 Å². The molecule has 0 radical (unpaired) electrons. The van der Waals surface area contributed by atoms with Crippen LogP contribution in [0.5, 0.6) is 0 Å². The van der Waals surface area contributed by atoms with Gasteiger partial charge in [-0.25, -0.2) is 14.4 Å². The van der Waals surface area contributed by atoms with Crippen LogP contribution in [0.15, 0.2) is 30.3 Å². The molecular weight excluding hydrogens is 253 g/mol. The van der Waals surface area contributed by atoms with Crippen molar-refractivity contribution in [3.05, 3.63) is 53.2 Å². The van der Waals surface area contributed by atoms with Crippen LogP contribution in [-0.4, -0.2) is 16.5 Å². The Morgan fingerprint density at radius 1 is 1.20 bits per heavy atom. The number of anilines is 1. The molecule has 0 aliphatic heterocycles. The molecule has 20 heavy (non-hydrogen) atoms. The van der Waals surface area contributed by atoms with Crippen LogP contribution >= 0.6 is 0 Å². The average molecular weight is 271 g/mol. The van der Waals surface area contributed by atoms with Crippen LogP contribution < -0.4 is 5.32 Å². The lowest BCUT2D eigenvalue weighted by molar-refractivity contribution is 0.578. The van der Waals surface area contributed by atoms with Crippen molar-refractivity contribution < 1.29 is 4.39 Å². The van der Waals surface area contributed by atoms with E-state index in [2.05, 4.69) is 15.3 Å². The number of aromatic nitrogens is 2. The Morgan fingerprint density at radius 3 is 2.60 bits per heavy atom. The topological polar surface area (TPSA) is 37.8 Å². The molecule has 0 amide bonds. The van der Waals surface area contributed by atoms with E-state index in [4.69, 9.17) is 0 Å². The summed E-state index contributed by atoms with van der Waals surface area (Å²) in [6.07, 6.45) is 2.04. The first-order chi connectivity index (χ1) is 9.59. The van der Waals surface area contributed by atoms with Crippen molar-refractivity contribution in [1.29, 1.82) is 0 Å². The van der Waals surface area contributed by atoms with E-state index >= 15 is 0 Å². The molecule has 0 saturated heterocycles. The molecule has 3 rings (SSSR count). The largest absolute Gasteiger partial charge is 0.369 e. The van der Waals surface area contributed by atoms with E-state index in [9.17, 15) is 4.39 Å². The van der Waals surface area contributed by atoms with Crippen LogP contribution in [0.1, 0.15) is 29.9 Å². The van der Waals surface area contributed by atoms with Gasteiger partial charge in [-0.15, -0.1) is 0 Å². The Balaban J connectivity index is 1.77. The lowest BCUT2D eigenvalue weighted by Crippen LogP contribution is -2.21. The van der Waals surface area contributed by atoms with Gasteiger partial charge < -0.3 is 5.32 Å². The van der Waals surface area contributed by atoms with Crippen LogP contribution in [0.25, 0.3) is 0 Å². The number of hydrogen-bond donors (Lipinski definition) is 1. The minimum absolute atomic E-state index is 0.0713. The Hall–Kier alpha value is -1.97. The molecule has 4 heteroatoms. The van der Waals surface area contributed by atoms with E-state index in [1.807, 2.05) is 32.0 Å². The van der Waals surface area contributed by atoms with Gasteiger partial charge in [0, 0.05) is 23.7 Å². The van der Waals surface area contributed by atoms with Gasteiger partial charge >= 0.3 is 0 Å². The van der Waals surface area contributed by atoms with Gasteiger partial charge in [0.15, 0.2) is 0 Å². The van der Waals surface area contributed by atoms with E-state index in [-0.39, 0.29) is 11.2 Å². The molecule has 1 fully saturated rings. The molecule has 1 heterocycles. The fraction of sp³-hybridized carbons (Fsp3) is 0.375. The molecule has 1 aliphatic carbocycles. The molecule has 0 bridgehead atoms. The molecule has 0 unspecified atom stereocenters. The Labute approximate surface area is 118 Å². The first kappa shape index (κ1) is 13.0. The van der Waals surface area contributed by atoms with Crippen molar-refractivity contribution in [2.45, 2.75) is 32.1 Å². The molecule has 1 N–H and O–H groups in total. The zero-order valence-electron chi connectivity index (χ0n) is 11.8. The molecular formula is C16H18FN3. The SMILES string of the molecule is Cc1cc(NCC2(c3ccccc3F)CC2)nc(C)n1. The number of nitrogens with zero attached hydrogens (tertiary/aromatic N) is 2. The highest BCUT2D eigenvalue weighted by atomic mass is 19.1. The smallest absolute Gasteiger partial charge is 0.129 e. The van der Waals surface area contributed by atoms with Gasteiger partial charge in [0.05, 0.1) is 0 Å². The summed E-state index contributed by atoms with van der Waals surface area (Å²) >= 11 is 0. The van der Waals surface area contributed by atoms with Gasteiger partial charge in [-0.05, 0) is 38.3 Å². The zero-order chi connectivity index (χ0) is 14.2. The minimum atomic E-state index is -0.109. The third-order valence-corrected chi connectivity index (χ3v) is 3.87. The molecule has 3 nitrogen and oxygen atoms in total. The van der Waals surface area contributed by atoms with Crippen molar-refractivity contribution in [3.8, 4) is 0 Å². The Kier molecular flexibility index (Phi) is 3.16. The summed E-state index contributed by atoms with van der Waals surface area (Å²) < 4.78 is 13.9. The standard InChI is InChI=1S/C16H18FN3/c1-11-9-15(20-12(2)19-11)18-10-16(7-8-16)13-5-3-4-6-14(13)17/h3-6,9H,7-8,10H2,1-2H3,(H,18,19,20). The van der Waals surface area contributed by atoms with Gasteiger partial charge in [-0.1, -0.05) is 18.2 Å². The maximum absolute atomic E-state index is 13.9. The highest BCUT2D eigenvalue weighted by Gasteiger charge is 2.45. The van der Waals surface area contributed by atoms with Gasteiger partial charge in [-0.3, -0.25) is 0 Å². The summed E-state index contributed by atoms with van der Waals surface area (Å²) in [6.45, 7) is 4.54. The summed E-state index contributed by atoms with van der Waals surface area (Å²) in [4.78, 5) is 8.62. The number of aryl methyl sites for hydroxylation is 2. The number of halogens is 1. The zero-order valence-corrected chi connectivity index (χ0v) is 11.8. The quantitative estimate of drug-likeness (QED) is 0.926. The lowest BCUT2D eigenvalue weighted by atomic mass is 9.95. The molecule has 2 aromatic rings. The van der Waals surface area contributed by atoms with Gasteiger partial charge in [0.1, 0.15) is 17.5 Å². The van der Waals surface area contributed by atoms with Crippen molar-refractivity contribution in [1.82, 2.24) is 9.97 Å². The summed E-state index contributed by atoms with van der Waals surface area (Å²) in [5.74, 6) is 1.46. The van der Waals surface area contributed by atoms with Crippen molar-refractivity contribution in [3.63, 3.8) is 0 Å². The minimum Gasteiger partial charge on any atom is -0.369 e. The summed E-state index contributed by atoms with van der Waals surface area (Å²) in [5, 5.41) is 3.34. The molecule has 0 spiro atoms. The lowest BCUT2D eigenvalue weighted by Gasteiger charge is -2.18. The van der Waals surface area contributed by atoms with E-state index in [1.54, 1.807) is 6.07 Å². The summed E-state index contributed by atoms with van der Waals surface area (Å²) in [7, 11) is 0. The van der Waals surface area contributed by atoms with Crippen LogP contribution in [0.4, 0.5) is 10.2 Å². The van der Waals surface area contributed by atoms with E-state index in [1.165, 1.54) is 6.07 Å². The molecule has 1 aromatic carbocycles. The predicted octanol–water partition coefficient (Wildman–Crippen LogP) is 3.38. The summed E-state index contributed by atoms with van der Waals surface area (Å²) in [5.41, 5.74) is 1.68. The van der Waals surface area contributed by atoms with Crippen LogP contribution in [0.2, 0.25) is 0 Å². The maximum Gasteiger partial charge on any atom is 0.129 e. The van der Waals surface area contributed by atoms with Crippen molar-refractivity contribution >= 4 is 5.82 Å². The fourth-order valence-corrected chi connectivity index (χ4v) is 2.65. The third kappa shape index (κ3) is 2.50. The second-order valence-corrected chi connectivity index (χ2v) is 5.56. The van der Waals surface area contributed by atoms with E-state index in [0.717, 1.165) is 35.7 Å². The van der Waals surface area contributed by atoms with E-state index < -0.39 is 0 Å².